The minimum absolute atomic E-state index is 0.305. The molecule has 0 aromatic heterocycles. The van der Waals surface area contributed by atoms with Gasteiger partial charge < -0.3 is 4.74 Å². The van der Waals surface area contributed by atoms with Gasteiger partial charge in [0.25, 0.3) is 0 Å². The lowest BCUT2D eigenvalue weighted by Crippen LogP contribution is -2.29. The maximum absolute atomic E-state index is 14.0. The van der Waals surface area contributed by atoms with Crippen LogP contribution in [0.3, 0.4) is 0 Å². The van der Waals surface area contributed by atoms with Crippen molar-refractivity contribution in [3.05, 3.63) is 63.9 Å². The van der Waals surface area contributed by atoms with Crippen LogP contribution in [0.25, 0.3) is 0 Å². The third-order valence-corrected chi connectivity index (χ3v) is 3.59. The zero-order valence-corrected chi connectivity index (χ0v) is 13.4. The Kier molecular flexibility index (Phi) is 5.73. The number of hydrazine groups is 1. The molecule has 0 saturated heterocycles. The van der Waals surface area contributed by atoms with Crippen molar-refractivity contribution in [2.45, 2.75) is 19.4 Å². The van der Waals surface area contributed by atoms with Gasteiger partial charge >= 0.3 is 0 Å². The van der Waals surface area contributed by atoms with Crippen LogP contribution >= 0.6 is 15.9 Å². The second kappa shape index (κ2) is 7.54. The second-order valence-corrected chi connectivity index (χ2v) is 5.60. The maximum atomic E-state index is 14.0. The van der Waals surface area contributed by atoms with Crippen LogP contribution in [0.5, 0.6) is 5.75 Å². The first-order chi connectivity index (χ1) is 10.2. The van der Waals surface area contributed by atoms with Gasteiger partial charge in [0.1, 0.15) is 11.6 Å². The Morgan fingerprint density at radius 3 is 2.81 bits per heavy atom. The van der Waals surface area contributed by atoms with Gasteiger partial charge in [-0.05, 0) is 42.3 Å². The summed E-state index contributed by atoms with van der Waals surface area (Å²) in [6, 6.07) is 11.9. The molecular formula is C16H18BrFN2O. The Morgan fingerprint density at radius 1 is 1.29 bits per heavy atom. The highest BCUT2D eigenvalue weighted by Gasteiger charge is 2.17. The van der Waals surface area contributed by atoms with E-state index in [2.05, 4.69) is 21.4 Å². The van der Waals surface area contributed by atoms with Crippen LogP contribution in [-0.4, -0.2) is 6.61 Å². The van der Waals surface area contributed by atoms with Crippen molar-refractivity contribution in [1.29, 1.82) is 0 Å². The number of halogens is 2. The predicted molar refractivity (Wildman–Crippen MR) is 85.5 cm³/mol. The van der Waals surface area contributed by atoms with E-state index < -0.39 is 6.04 Å². The summed E-state index contributed by atoms with van der Waals surface area (Å²) < 4.78 is 20.5. The first-order valence-electron chi connectivity index (χ1n) is 6.79. The second-order valence-electron chi connectivity index (χ2n) is 4.69. The van der Waals surface area contributed by atoms with Crippen LogP contribution < -0.4 is 16.0 Å². The summed E-state index contributed by atoms with van der Waals surface area (Å²) in [4.78, 5) is 0. The summed E-state index contributed by atoms with van der Waals surface area (Å²) in [5.41, 5.74) is 4.01. The van der Waals surface area contributed by atoms with E-state index >= 15 is 0 Å². The molecule has 21 heavy (non-hydrogen) atoms. The molecule has 0 bridgehead atoms. The van der Waals surface area contributed by atoms with Crippen molar-refractivity contribution in [1.82, 2.24) is 5.43 Å². The average Bonchev–Trinajstić information content (AvgIpc) is 2.50. The summed E-state index contributed by atoms with van der Waals surface area (Å²) in [6.45, 7) is 2.69. The fourth-order valence-corrected chi connectivity index (χ4v) is 2.48. The number of benzene rings is 2. The van der Waals surface area contributed by atoms with Crippen LogP contribution in [0.2, 0.25) is 0 Å². The molecule has 5 heteroatoms. The molecule has 0 radical (unpaired) electrons. The summed E-state index contributed by atoms with van der Waals surface area (Å²) in [5, 5.41) is 0. The van der Waals surface area contributed by atoms with Crippen LogP contribution in [0.15, 0.2) is 46.9 Å². The lowest BCUT2D eigenvalue weighted by atomic mass is 9.98. The van der Waals surface area contributed by atoms with Gasteiger partial charge in [0, 0.05) is 10.0 Å². The number of hydrogen-bond donors (Lipinski definition) is 2. The number of hydrogen-bond acceptors (Lipinski definition) is 3. The zero-order chi connectivity index (χ0) is 15.2. The molecule has 0 heterocycles. The van der Waals surface area contributed by atoms with Crippen molar-refractivity contribution in [2.24, 2.45) is 5.84 Å². The Bertz CT molecular complexity index is 607. The first kappa shape index (κ1) is 15.9. The standard InChI is InChI=1S/C16H18BrFN2O/c1-2-8-21-13-5-3-4-11(9-13)16(20-19)14-10-12(17)6-7-15(14)18/h3-7,9-10,16,20H,2,8,19H2,1H3. The van der Waals surface area contributed by atoms with Gasteiger partial charge in [-0.1, -0.05) is 35.0 Å². The number of ether oxygens (including phenoxy) is 1. The summed E-state index contributed by atoms with van der Waals surface area (Å²) >= 11 is 3.36. The van der Waals surface area contributed by atoms with Crippen molar-refractivity contribution in [3.8, 4) is 5.75 Å². The summed E-state index contributed by atoms with van der Waals surface area (Å²) in [5.74, 6) is 6.08. The minimum atomic E-state index is -0.437. The van der Waals surface area contributed by atoms with Crippen LogP contribution in [-0.2, 0) is 0 Å². The van der Waals surface area contributed by atoms with Gasteiger partial charge in [0.15, 0.2) is 0 Å². The molecule has 3 nitrogen and oxygen atoms in total. The molecule has 1 unspecified atom stereocenters. The normalized spacial score (nSPS) is 12.2. The molecule has 2 aromatic rings. The van der Waals surface area contributed by atoms with Gasteiger partial charge in [0.05, 0.1) is 12.6 Å². The fraction of sp³-hybridized carbons (Fsp3) is 0.250. The van der Waals surface area contributed by atoms with E-state index in [1.165, 1.54) is 6.07 Å². The Labute approximate surface area is 132 Å². The van der Waals surface area contributed by atoms with E-state index in [9.17, 15) is 4.39 Å². The molecule has 112 valence electrons. The Morgan fingerprint density at radius 2 is 2.10 bits per heavy atom. The van der Waals surface area contributed by atoms with Gasteiger partial charge in [0.2, 0.25) is 0 Å². The Hall–Kier alpha value is -1.43. The fourth-order valence-electron chi connectivity index (χ4n) is 2.11. The lowest BCUT2D eigenvalue weighted by Gasteiger charge is -2.19. The monoisotopic (exact) mass is 352 g/mol. The van der Waals surface area contributed by atoms with E-state index in [0.29, 0.717) is 12.2 Å². The van der Waals surface area contributed by atoms with Gasteiger partial charge in [-0.15, -0.1) is 0 Å². The molecule has 0 fully saturated rings. The van der Waals surface area contributed by atoms with Crippen LogP contribution in [0, 0.1) is 5.82 Å². The largest absolute Gasteiger partial charge is 0.494 e. The molecule has 0 amide bonds. The predicted octanol–water partition coefficient (Wildman–Crippen LogP) is 3.93. The number of nitrogens with two attached hydrogens (primary N) is 1. The molecule has 2 rings (SSSR count). The van der Waals surface area contributed by atoms with E-state index in [1.807, 2.05) is 31.2 Å². The SMILES string of the molecule is CCCOc1cccc(C(NN)c2cc(Br)ccc2F)c1. The highest BCUT2D eigenvalue weighted by molar-refractivity contribution is 9.10. The quantitative estimate of drug-likeness (QED) is 0.611. The van der Waals surface area contributed by atoms with Crippen molar-refractivity contribution < 1.29 is 9.13 Å². The molecule has 0 aliphatic carbocycles. The number of rotatable bonds is 6. The van der Waals surface area contributed by atoms with Gasteiger partial charge in [-0.3, -0.25) is 5.84 Å². The van der Waals surface area contributed by atoms with Gasteiger partial charge in [-0.25, -0.2) is 9.82 Å². The average molecular weight is 353 g/mol. The van der Waals surface area contributed by atoms with Crippen molar-refractivity contribution in [2.75, 3.05) is 6.61 Å². The molecular weight excluding hydrogens is 335 g/mol. The molecule has 0 saturated carbocycles. The van der Waals surface area contributed by atoms with Crippen molar-refractivity contribution in [3.63, 3.8) is 0 Å². The molecule has 0 spiro atoms. The zero-order valence-electron chi connectivity index (χ0n) is 11.8. The smallest absolute Gasteiger partial charge is 0.128 e. The van der Waals surface area contributed by atoms with Crippen LogP contribution in [0.1, 0.15) is 30.5 Å². The van der Waals surface area contributed by atoms with Crippen LogP contribution in [0.4, 0.5) is 4.39 Å². The molecule has 2 aromatic carbocycles. The van der Waals surface area contributed by atoms with E-state index in [4.69, 9.17) is 10.6 Å². The highest BCUT2D eigenvalue weighted by Crippen LogP contribution is 2.28. The summed E-state index contributed by atoms with van der Waals surface area (Å²) in [7, 11) is 0. The summed E-state index contributed by atoms with van der Waals surface area (Å²) in [6.07, 6.45) is 0.934. The molecule has 0 aliphatic rings. The van der Waals surface area contributed by atoms with Gasteiger partial charge in [-0.2, -0.15) is 0 Å². The van der Waals surface area contributed by atoms with E-state index in [0.717, 1.165) is 22.2 Å². The van der Waals surface area contributed by atoms with Crippen molar-refractivity contribution >= 4 is 15.9 Å². The minimum Gasteiger partial charge on any atom is -0.494 e. The third kappa shape index (κ3) is 4.03. The molecule has 0 aliphatic heterocycles. The molecule has 1 atom stereocenters. The van der Waals surface area contributed by atoms with E-state index in [-0.39, 0.29) is 5.82 Å². The maximum Gasteiger partial charge on any atom is 0.128 e. The van der Waals surface area contributed by atoms with E-state index in [1.54, 1.807) is 12.1 Å². The third-order valence-electron chi connectivity index (χ3n) is 3.10. The first-order valence-corrected chi connectivity index (χ1v) is 7.58. The lowest BCUT2D eigenvalue weighted by molar-refractivity contribution is 0.317. The topological polar surface area (TPSA) is 47.3 Å². The number of nitrogens with one attached hydrogen (secondary N) is 1. The molecule has 3 N–H and O–H groups in total. The Balaban J connectivity index is 2.34. The highest BCUT2D eigenvalue weighted by atomic mass is 79.9.